The van der Waals surface area contributed by atoms with E-state index in [0.29, 0.717) is 5.56 Å². The second-order valence-corrected chi connectivity index (χ2v) is 4.12. The van der Waals surface area contributed by atoms with Gasteiger partial charge in [-0.25, -0.2) is 0 Å². The van der Waals surface area contributed by atoms with E-state index in [-0.39, 0.29) is 5.78 Å². The summed E-state index contributed by atoms with van der Waals surface area (Å²) in [4.78, 5) is 17.1. The van der Waals surface area contributed by atoms with Crippen molar-refractivity contribution in [2.24, 2.45) is 0 Å². The zero-order chi connectivity index (χ0) is 11.4. The normalized spacial score (nSPS) is 10.1. The SMILES string of the molecule is CSc1ccccc1C(=O)c1cccnc1. The Kier molecular flexibility index (Phi) is 3.37. The Morgan fingerprint density at radius 2 is 2.00 bits per heavy atom. The lowest BCUT2D eigenvalue weighted by molar-refractivity contribution is 0.103. The van der Waals surface area contributed by atoms with Gasteiger partial charge < -0.3 is 0 Å². The van der Waals surface area contributed by atoms with E-state index in [4.69, 9.17) is 0 Å². The summed E-state index contributed by atoms with van der Waals surface area (Å²) in [5, 5.41) is 0. The number of rotatable bonds is 3. The molecule has 1 aromatic carbocycles. The number of hydrogen-bond donors (Lipinski definition) is 0. The van der Waals surface area contributed by atoms with Crippen LogP contribution in [0.2, 0.25) is 0 Å². The average molecular weight is 229 g/mol. The third kappa shape index (κ3) is 2.14. The number of thioether (sulfide) groups is 1. The molecular formula is C13H11NOS. The summed E-state index contributed by atoms with van der Waals surface area (Å²) >= 11 is 1.58. The third-order valence-electron chi connectivity index (χ3n) is 2.28. The lowest BCUT2D eigenvalue weighted by Crippen LogP contribution is -2.02. The topological polar surface area (TPSA) is 30.0 Å². The zero-order valence-corrected chi connectivity index (χ0v) is 9.70. The molecule has 0 bridgehead atoms. The highest BCUT2D eigenvalue weighted by atomic mass is 32.2. The smallest absolute Gasteiger partial charge is 0.195 e. The summed E-state index contributed by atoms with van der Waals surface area (Å²) < 4.78 is 0. The van der Waals surface area contributed by atoms with Crippen LogP contribution >= 0.6 is 11.8 Å². The summed E-state index contributed by atoms with van der Waals surface area (Å²) in [6, 6.07) is 11.2. The predicted octanol–water partition coefficient (Wildman–Crippen LogP) is 3.03. The molecule has 0 amide bonds. The number of pyridine rings is 1. The maximum absolute atomic E-state index is 12.2. The molecule has 2 rings (SSSR count). The van der Waals surface area contributed by atoms with Crippen molar-refractivity contribution >= 4 is 17.5 Å². The van der Waals surface area contributed by atoms with Gasteiger partial charge in [0.1, 0.15) is 0 Å². The summed E-state index contributed by atoms with van der Waals surface area (Å²) in [6.45, 7) is 0. The van der Waals surface area contributed by atoms with Crippen LogP contribution in [0.25, 0.3) is 0 Å². The number of hydrogen-bond acceptors (Lipinski definition) is 3. The Bertz CT molecular complexity index is 496. The minimum atomic E-state index is 0.0260. The number of carbonyl (C=O) groups excluding carboxylic acids is 1. The molecule has 0 saturated carbocycles. The minimum Gasteiger partial charge on any atom is -0.289 e. The first kappa shape index (κ1) is 10.9. The van der Waals surface area contributed by atoms with Gasteiger partial charge >= 0.3 is 0 Å². The van der Waals surface area contributed by atoms with Crippen molar-refractivity contribution in [2.75, 3.05) is 6.26 Å². The van der Waals surface area contributed by atoms with Crippen molar-refractivity contribution in [2.45, 2.75) is 4.90 Å². The van der Waals surface area contributed by atoms with E-state index in [1.54, 1.807) is 36.3 Å². The number of aromatic nitrogens is 1. The van der Waals surface area contributed by atoms with Crippen molar-refractivity contribution < 1.29 is 4.79 Å². The molecule has 1 aromatic heterocycles. The largest absolute Gasteiger partial charge is 0.289 e. The van der Waals surface area contributed by atoms with Gasteiger partial charge in [0.05, 0.1) is 0 Å². The number of ketones is 1. The van der Waals surface area contributed by atoms with Crippen LogP contribution in [0.5, 0.6) is 0 Å². The summed E-state index contributed by atoms with van der Waals surface area (Å²) in [6.07, 6.45) is 5.23. The molecule has 0 aliphatic rings. The lowest BCUT2D eigenvalue weighted by Gasteiger charge is -2.05. The predicted molar refractivity (Wildman–Crippen MR) is 65.9 cm³/mol. The van der Waals surface area contributed by atoms with Crippen LogP contribution in [-0.4, -0.2) is 17.0 Å². The summed E-state index contributed by atoms with van der Waals surface area (Å²) in [5.74, 6) is 0.0260. The first-order valence-electron chi connectivity index (χ1n) is 4.90. The Labute approximate surface area is 98.7 Å². The number of nitrogens with zero attached hydrogens (tertiary/aromatic N) is 1. The van der Waals surface area contributed by atoms with Crippen molar-refractivity contribution in [3.05, 3.63) is 59.9 Å². The minimum absolute atomic E-state index is 0.0260. The van der Waals surface area contributed by atoms with E-state index < -0.39 is 0 Å². The van der Waals surface area contributed by atoms with Crippen LogP contribution in [0.4, 0.5) is 0 Å². The van der Waals surface area contributed by atoms with Gasteiger partial charge in [-0.3, -0.25) is 9.78 Å². The van der Waals surface area contributed by atoms with Crippen LogP contribution in [0.1, 0.15) is 15.9 Å². The highest BCUT2D eigenvalue weighted by Gasteiger charge is 2.12. The van der Waals surface area contributed by atoms with E-state index >= 15 is 0 Å². The molecule has 2 aromatic rings. The van der Waals surface area contributed by atoms with Crippen LogP contribution in [0.3, 0.4) is 0 Å². The Balaban J connectivity index is 2.42. The van der Waals surface area contributed by atoms with Crippen LogP contribution in [-0.2, 0) is 0 Å². The fraction of sp³-hybridized carbons (Fsp3) is 0.0769. The second kappa shape index (κ2) is 4.94. The first-order valence-corrected chi connectivity index (χ1v) is 6.13. The Morgan fingerprint density at radius 3 is 2.69 bits per heavy atom. The second-order valence-electron chi connectivity index (χ2n) is 3.27. The van der Waals surface area contributed by atoms with Crippen molar-refractivity contribution in [1.29, 1.82) is 0 Å². The van der Waals surface area contributed by atoms with Gasteiger partial charge in [0.2, 0.25) is 0 Å². The molecule has 0 aliphatic heterocycles. The van der Waals surface area contributed by atoms with E-state index in [2.05, 4.69) is 4.98 Å². The Hall–Kier alpha value is -1.61. The van der Waals surface area contributed by atoms with Gasteiger partial charge in [-0.15, -0.1) is 11.8 Å². The van der Waals surface area contributed by atoms with Crippen LogP contribution < -0.4 is 0 Å². The molecule has 0 N–H and O–H groups in total. The van der Waals surface area contributed by atoms with Crippen LogP contribution in [0.15, 0.2) is 53.7 Å². The molecule has 0 fully saturated rings. The van der Waals surface area contributed by atoms with E-state index in [1.807, 2.05) is 30.5 Å². The fourth-order valence-electron chi connectivity index (χ4n) is 1.48. The van der Waals surface area contributed by atoms with Crippen LogP contribution in [0, 0.1) is 0 Å². The molecule has 80 valence electrons. The van der Waals surface area contributed by atoms with E-state index in [1.165, 1.54) is 0 Å². The molecule has 16 heavy (non-hydrogen) atoms. The van der Waals surface area contributed by atoms with Gasteiger partial charge in [-0.1, -0.05) is 12.1 Å². The highest BCUT2D eigenvalue weighted by molar-refractivity contribution is 7.98. The maximum Gasteiger partial charge on any atom is 0.195 e. The van der Waals surface area contributed by atoms with E-state index in [9.17, 15) is 4.79 Å². The average Bonchev–Trinajstić information content (AvgIpc) is 2.39. The molecule has 0 atom stereocenters. The van der Waals surface area contributed by atoms with Crippen molar-refractivity contribution in [3.63, 3.8) is 0 Å². The van der Waals surface area contributed by atoms with E-state index in [0.717, 1.165) is 10.5 Å². The summed E-state index contributed by atoms with van der Waals surface area (Å²) in [5.41, 5.74) is 1.37. The highest BCUT2D eigenvalue weighted by Crippen LogP contribution is 2.22. The van der Waals surface area contributed by atoms with Gasteiger partial charge in [0, 0.05) is 28.4 Å². The van der Waals surface area contributed by atoms with Gasteiger partial charge in [-0.2, -0.15) is 0 Å². The van der Waals surface area contributed by atoms with Crippen molar-refractivity contribution in [1.82, 2.24) is 4.98 Å². The molecule has 0 radical (unpaired) electrons. The quantitative estimate of drug-likeness (QED) is 0.598. The van der Waals surface area contributed by atoms with Gasteiger partial charge in [-0.05, 0) is 30.5 Å². The monoisotopic (exact) mass is 229 g/mol. The maximum atomic E-state index is 12.2. The molecule has 0 aliphatic carbocycles. The molecule has 1 heterocycles. The molecule has 2 nitrogen and oxygen atoms in total. The first-order chi connectivity index (χ1) is 7.83. The van der Waals surface area contributed by atoms with Crippen molar-refractivity contribution in [3.8, 4) is 0 Å². The Morgan fingerprint density at radius 1 is 1.19 bits per heavy atom. The number of benzene rings is 1. The zero-order valence-electron chi connectivity index (χ0n) is 8.88. The molecule has 0 saturated heterocycles. The fourth-order valence-corrected chi connectivity index (χ4v) is 2.08. The summed E-state index contributed by atoms with van der Waals surface area (Å²) in [7, 11) is 0. The molecule has 0 unspecified atom stereocenters. The van der Waals surface area contributed by atoms with Gasteiger partial charge in [0.15, 0.2) is 5.78 Å². The standard InChI is InChI=1S/C13H11NOS/c1-16-12-7-3-2-6-11(12)13(15)10-5-4-8-14-9-10/h2-9H,1H3. The van der Waals surface area contributed by atoms with Gasteiger partial charge in [0.25, 0.3) is 0 Å². The lowest BCUT2D eigenvalue weighted by atomic mass is 10.1. The molecular weight excluding hydrogens is 218 g/mol. The third-order valence-corrected chi connectivity index (χ3v) is 3.07. The number of carbonyl (C=O) groups is 1. The molecule has 0 spiro atoms. The molecule has 3 heteroatoms.